The van der Waals surface area contributed by atoms with E-state index in [1.165, 1.54) is 0 Å². The maximum absolute atomic E-state index is 9.17. The number of benzene rings is 1. The van der Waals surface area contributed by atoms with E-state index in [4.69, 9.17) is 4.74 Å². The van der Waals surface area contributed by atoms with Crippen molar-refractivity contribution in [3.63, 3.8) is 0 Å². The quantitative estimate of drug-likeness (QED) is 0.923. The molecular weight excluding hydrogens is 310 g/mol. The van der Waals surface area contributed by atoms with E-state index in [1.807, 2.05) is 36.7 Å². The van der Waals surface area contributed by atoms with Crippen LogP contribution in [-0.4, -0.2) is 25.4 Å². The number of nitrogens with zero attached hydrogens (tertiary/aromatic N) is 2. The van der Waals surface area contributed by atoms with Crippen molar-refractivity contribution in [2.24, 2.45) is 16.8 Å². The topological polar surface area (TPSA) is 57.4 Å². The summed E-state index contributed by atoms with van der Waals surface area (Å²) in [5.74, 6) is 1.41. The molecule has 0 bridgehead atoms. The molecule has 2 atom stereocenters. The lowest BCUT2D eigenvalue weighted by atomic mass is 9.82. The largest absolute Gasteiger partial charge is 0.494 e. The van der Waals surface area contributed by atoms with Crippen LogP contribution in [0.5, 0.6) is 0 Å². The summed E-state index contributed by atoms with van der Waals surface area (Å²) in [7, 11) is 0. The van der Waals surface area contributed by atoms with Gasteiger partial charge in [0.1, 0.15) is 11.9 Å². The van der Waals surface area contributed by atoms with Crippen LogP contribution in [0.3, 0.4) is 0 Å². The fourth-order valence-electron chi connectivity index (χ4n) is 3.60. The molecule has 1 N–H and O–H groups in total. The van der Waals surface area contributed by atoms with Crippen molar-refractivity contribution in [2.45, 2.75) is 18.9 Å². The molecular formula is C21H21N3O. The number of ether oxygens (including phenoxy) is 1. The van der Waals surface area contributed by atoms with Crippen molar-refractivity contribution < 1.29 is 4.74 Å². The van der Waals surface area contributed by atoms with Gasteiger partial charge in [-0.15, -0.1) is 0 Å². The molecule has 4 nitrogen and oxygen atoms in total. The second-order valence-electron chi connectivity index (χ2n) is 6.67. The first-order valence-electron chi connectivity index (χ1n) is 8.85. The Bertz CT molecular complexity index is 807. The second-order valence-corrected chi connectivity index (χ2v) is 6.67. The molecule has 0 radical (unpaired) electrons. The van der Waals surface area contributed by atoms with Crippen LogP contribution in [0.15, 0.2) is 59.4 Å². The highest BCUT2D eigenvalue weighted by Crippen LogP contribution is 2.36. The van der Waals surface area contributed by atoms with Gasteiger partial charge in [-0.05, 0) is 55.3 Å². The zero-order valence-corrected chi connectivity index (χ0v) is 14.1. The molecule has 126 valence electrons. The molecule has 2 unspecified atom stereocenters. The van der Waals surface area contributed by atoms with Crippen LogP contribution in [-0.2, 0) is 4.74 Å². The van der Waals surface area contributed by atoms with Crippen molar-refractivity contribution in [2.75, 3.05) is 13.1 Å². The first kappa shape index (κ1) is 15.9. The molecule has 1 aromatic carbocycles. The Morgan fingerprint density at radius 3 is 2.96 bits per heavy atom. The van der Waals surface area contributed by atoms with Crippen molar-refractivity contribution in [3.05, 3.63) is 65.6 Å². The minimum Gasteiger partial charge on any atom is -0.494 e. The molecule has 0 spiro atoms. The van der Waals surface area contributed by atoms with E-state index in [1.54, 1.807) is 0 Å². The van der Waals surface area contributed by atoms with E-state index in [-0.39, 0.29) is 17.9 Å². The summed E-state index contributed by atoms with van der Waals surface area (Å²) in [4.78, 5) is 4.32. The molecule has 25 heavy (non-hydrogen) atoms. The smallest absolute Gasteiger partial charge is 0.106 e. The minimum absolute atomic E-state index is 0.169. The summed E-state index contributed by atoms with van der Waals surface area (Å²) < 4.78 is 6.40. The Labute approximate surface area is 148 Å². The van der Waals surface area contributed by atoms with Crippen molar-refractivity contribution in [1.82, 2.24) is 5.32 Å². The third-order valence-corrected chi connectivity index (χ3v) is 4.97. The number of hydrogen-bond donors (Lipinski definition) is 1. The van der Waals surface area contributed by atoms with E-state index < -0.39 is 0 Å². The predicted octanol–water partition coefficient (Wildman–Crippen LogP) is 3.44. The standard InChI is InChI=1S/C21H21N3O/c22-13-15-2-1-3-16(10-15)18-11-17-4-7-24-14-20(17)21(12-18)25-19-5-8-23-9-6-19/h1-4,7,10-12,14,17,19-20,23H,5-6,8-9H2. The summed E-state index contributed by atoms with van der Waals surface area (Å²) in [5, 5.41) is 12.5. The Morgan fingerprint density at radius 1 is 1.24 bits per heavy atom. The van der Waals surface area contributed by atoms with E-state index >= 15 is 0 Å². The van der Waals surface area contributed by atoms with Gasteiger partial charge in [-0.2, -0.15) is 5.26 Å². The molecule has 1 fully saturated rings. The first-order valence-corrected chi connectivity index (χ1v) is 8.85. The zero-order valence-electron chi connectivity index (χ0n) is 14.1. The highest BCUT2D eigenvalue weighted by molar-refractivity contribution is 5.81. The van der Waals surface area contributed by atoms with Crippen LogP contribution in [0.2, 0.25) is 0 Å². The maximum atomic E-state index is 9.17. The number of allylic oxidation sites excluding steroid dienone is 5. The van der Waals surface area contributed by atoms with Gasteiger partial charge in [0, 0.05) is 18.3 Å². The average molecular weight is 331 g/mol. The Kier molecular flexibility index (Phi) is 4.49. The summed E-state index contributed by atoms with van der Waals surface area (Å²) in [6, 6.07) is 9.97. The van der Waals surface area contributed by atoms with Gasteiger partial charge in [-0.3, -0.25) is 4.99 Å². The van der Waals surface area contributed by atoms with Crippen molar-refractivity contribution in [3.8, 4) is 6.07 Å². The van der Waals surface area contributed by atoms with Gasteiger partial charge in [-0.1, -0.05) is 24.3 Å². The fourth-order valence-corrected chi connectivity index (χ4v) is 3.60. The summed E-state index contributed by atoms with van der Waals surface area (Å²) in [5.41, 5.74) is 2.84. The predicted molar refractivity (Wildman–Crippen MR) is 98.8 cm³/mol. The lowest BCUT2D eigenvalue weighted by Gasteiger charge is -2.32. The summed E-state index contributed by atoms with van der Waals surface area (Å²) in [6.07, 6.45) is 12.7. The molecule has 0 amide bonds. The number of fused-ring (bicyclic) bond motifs is 1. The van der Waals surface area contributed by atoms with Gasteiger partial charge in [0.05, 0.1) is 17.6 Å². The molecule has 0 saturated carbocycles. The van der Waals surface area contributed by atoms with Crippen LogP contribution in [0.1, 0.15) is 24.0 Å². The summed E-state index contributed by atoms with van der Waals surface area (Å²) >= 11 is 0. The highest BCUT2D eigenvalue weighted by atomic mass is 16.5. The molecule has 2 aliphatic heterocycles. The lowest BCUT2D eigenvalue weighted by Crippen LogP contribution is -2.34. The van der Waals surface area contributed by atoms with Gasteiger partial charge in [0.2, 0.25) is 0 Å². The van der Waals surface area contributed by atoms with E-state index in [0.29, 0.717) is 5.56 Å². The Balaban J connectivity index is 1.66. The molecule has 3 aliphatic rings. The molecule has 4 heteroatoms. The van der Waals surface area contributed by atoms with Gasteiger partial charge in [0.15, 0.2) is 0 Å². The minimum atomic E-state index is 0.169. The fraction of sp³-hybridized carbons (Fsp3) is 0.333. The third-order valence-electron chi connectivity index (χ3n) is 4.97. The Morgan fingerprint density at radius 2 is 2.12 bits per heavy atom. The maximum Gasteiger partial charge on any atom is 0.106 e. The van der Waals surface area contributed by atoms with Gasteiger partial charge in [0.25, 0.3) is 0 Å². The number of piperidine rings is 1. The normalized spacial score (nSPS) is 25.6. The highest BCUT2D eigenvalue weighted by Gasteiger charge is 2.30. The third kappa shape index (κ3) is 3.42. The van der Waals surface area contributed by atoms with Crippen LogP contribution in [0, 0.1) is 23.2 Å². The van der Waals surface area contributed by atoms with E-state index in [9.17, 15) is 5.26 Å². The number of hydrogen-bond acceptors (Lipinski definition) is 4. The molecule has 1 aliphatic carbocycles. The van der Waals surface area contributed by atoms with Gasteiger partial charge in [-0.25, -0.2) is 0 Å². The molecule has 4 rings (SSSR count). The van der Waals surface area contributed by atoms with Crippen LogP contribution < -0.4 is 5.32 Å². The van der Waals surface area contributed by atoms with Crippen LogP contribution in [0.4, 0.5) is 0 Å². The van der Waals surface area contributed by atoms with Crippen molar-refractivity contribution >= 4 is 11.8 Å². The summed E-state index contributed by atoms with van der Waals surface area (Å²) in [6.45, 7) is 2.01. The number of rotatable bonds is 3. The van der Waals surface area contributed by atoms with Gasteiger partial charge >= 0.3 is 0 Å². The molecule has 1 aromatic rings. The lowest BCUT2D eigenvalue weighted by molar-refractivity contribution is 0.0735. The van der Waals surface area contributed by atoms with Crippen LogP contribution in [0.25, 0.3) is 5.57 Å². The average Bonchev–Trinajstić information content (AvgIpc) is 2.69. The van der Waals surface area contributed by atoms with E-state index in [2.05, 4.69) is 34.6 Å². The second kappa shape index (κ2) is 7.08. The molecule has 2 heterocycles. The van der Waals surface area contributed by atoms with Crippen LogP contribution >= 0.6 is 0 Å². The molecule has 0 aromatic heterocycles. The number of nitrogens with one attached hydrogen (secondary N) is 1. The Hall–Kier alpha value is -2.64. The first-order chi connectivity index (χ1) is 12.3. The molecule has 1 saturated heterocycles. The SMILES string of the molecule is N#Cc1cccc(C2=CC3C=CN=CC3C(OC3CCNCC3)=C2)c1. The van der Waals surface area contributed by atoms with Crippen molar-refractivity contribution in [1.29, 1.82) is 5.26 Å². The number of nitriles is 1. The monoisotopic (exact) mass is 331 g/mol. The van der Waals surface area contributed by atoms with E-state index in [0.717, 1.165) is 42.8 Å². The zero-order chi connectivity index (χ0) is 17.1. The van der Waals surface area contributed by atoms with Gasteiger partial charge < -0.3 is 10.1 Å². The number of aliphatic imine (C=N–C) groups is 1.